The number of phosphoric ester groups is 1. The van der Waals surface area contributed by atoms with E-state index in [0.29, 0.717) is 79.2 Å². The monoisotopic (exact) mass is 1600 g/mol. The van der Waals surface area contributed by atoms with Crippen LogP contribution in [-0.4, -0.2) is 184 Å². The highest BCUT2D eigenvalue weighted by Crippen LogP contribution is 2.66. The molecule has 2 unspecified atom stereocenters. The van der Waals surface area contributed by atoms with Crippen LogP contribution in [0, 0.1) is 11.8 Å². The molecule has 6 aliphatic rings. The van der Waals surface area contributed by atoms with E-state index in [1.54, 1.807) is 50.6 Å². The SMILES string of the molecule is CSSCO[C@H]1C[C@H](n2cc(C#CCCC(=O)OCCCCOCSSC(C)(C)CCOC(=O)NCCOCCOCCCC(=O)c3ccc(C(=O)O)c(C4=c5cc6c7c(c5Oc5c4cc4c8c5CCCN8CCC4)CCC[N+]=7CCC6)c3)c3c(N)ncnc32)O[C@@H]1COP(=O)(O)OP(=O)(O)OP(=O)(O)O. The number of hydrogen-bond acceptors (Lipinski definition) is 26. The number of esters is 1. The third kappa shape index (κ3) is 21.5. The Balaban J connectivity index is 0.535. The van der Waals surface area contributed by atoms with E-state index in [-0.39, 0.29) is 86.5 Å². The molecule has 1 amide bonds. The van der Waals surface area contributed by atoms with Gasteiger partial charge >= 0.3 is 41.5 Å². The number of Topliss-reactive ketones (excluding diaryl/α,β-unsaturated/α-hetero) is 1. The molecule has 8 N–H and O–H groups in total. The number of alkyl carbamates (subject to hydrolysis) is 1. The molecule has 3 aromatic carbocycles. The van der Waals surface area contributed by atoms with Crippen molar-refractivity contribution in [3.05, 3.63) is 104 Å². The van der Waals surface area contributed by atoms with E-state index < -0.39 is 66.5 Å². The van der Waals surface area contributed by atoms with Crippen LogP contribution in [0.3, 0.4) is 0 Å². The Bertz CT molecular complexity index is 4420. The van der Waals surface area contributed by atoms with Crippen LogP contribution in [0.1, 0.15) is 157 Å². The molecule has 1 saturated heterocycles. The van der Waals surface area contributed by atoms with E-state index in [0.717, 1.165) is 105 Å². The number of carbonyl (C=O) groups is 4. The number of carbonyl (C=O) groups excluding carboxylic acids is 3. The number of anilines is 2. The Morgan fingerprint density at radius 1 is 0.802 bits per heavy atom. The molecule has 106 heavy (non-hydrogen) atoms. The fraction of sp³-hybridized carbons (Fsp3) is 0.551. The van der Waals surface area contributed by atoms with E-state index in [1.165, 1.54) is 61.2 Å². The van der Waals surface area contributed by atoms with Crippen molar-refractivity contribution in [3.8, 4) is 23.3 Å². The minimum absolute atomic E-state index is 0.0125. The van der Waals surface area contributed by atoms with Crippen molar-refractivity contribution in [2.24, 2.45) is 0 Å². The van der Waals surface area contributed by atoms with Gasteiger partial charge < -0.3 is 83.1 Å². The molecule has 8 heterocycles. The number of rotatable bonds is 39. The Kier molecular flexibility index (Phi) is 28.7. The third-order valence-corrected chi connectivity index (χ3v) is 26.8. The number of ether oxygens (including phenoxy) is 8. The molecule has 30 nitrogen and oxygen atoms in total. The van der Waals surface area contributed by atoms with Crippen molar-refractivity contribution in [2.75, 3.05) is 114 Å². The fourth-order valence-corrected chi connectivity index (χ4v) is 19.9. The van der Waals surface area contributed by atoms with Gasteiger partial charge in [0.1, 0.15) is 66.6 Å². The molecule has 0 saturated carbocycles. The van der Waals surface area contributed by atoms with Gasteiger partial charge in [0.05, 0.1) is 74.2 Å². The van der Waals surface area contributed by atoms with Gasteiger partial charge in [0.15, 0.2) is 5.78 Å². The smallest absolute Gasteiger partial charge is 0.478 e. The predicted octanol–water partition coefficient (Wildman–Crippen LogP) is 9.53. The Morgan fingerprint density at radius 2 is 1.56 bits per heavy atom. The number of carboxylic acids is 1. The second kappa shape index (κ2) is 37.4. The molecule has 11 rings (SSSR count). The van der Waals surface area contributed by atoms with Crippen molar-refractivity contribution >= 4 is 119 Å². The second-order valence-electron chi connectivity index (χ2n) is 26.5. The summed E-state index contributed by atoms with van der Waals surface area (Å²) >= 11 is 0. The van der Waals surface area contributed by atoms with Gasteiger partial charge in [-0.3, -0.25) is 14.1 Å². The number of phosphoric acid groups is 3. The topological polar surface area (TPSA) is 397 Å². The summed E-state index contributed by atoms with van der Waals surface area (Å²) in [7, 11) is -10.9. The number of fused-ring (bicyclic) bond motifs is 5. The molecule has 0 bridgehead atoms. The van der Waals surface area contributed by atoms with Gasteiger partial charge in [-0.15, -0.1) is 0 Å². The molecule has 1 fully saturated rings. The first kappa shape index (κ1) is 81.4. The van der Waals surface area contributed by atoms with Crippen molar-refractivity contribution in [1.29, 1.82) is 0 Å². The van der Waals surface area contributed by atoms with Crippen LogP contribution in [0.15, 0.2) is 42.9 Å². The van der Waals surface area contributed by atoms with Crippen molar-refractivity contribution in [2.45, 2.75) is 140 Å². The Hall–Kier alpha value is -5.60. The number of ketones is 1. The zero-order valence-corrected chi connectivity index (χ0v) is 65.0. The second-order valence-corrected chi connectivity index (χ2v) is 36.3. The molecule has 6 aliphatic heterocycles. The van der Waals surface area contributed by atoms with Crippen molar-refractivity contribution < 1.29 is 109 Å². The third-order valence-electron chi connectivity index (χ3n) is 18.5. The van der Waals surface area contributed by atoms with Gasteiger partial charge in [-0.1, -0.05) is 61.1 Å². The van der Waals surface area contributed by atoms with Crippen LogP contribution in [0.4, 0.5) is 16.3 Å². The van der Waals surface area contributed by atoms with E-state index in [2.05, 4.69) is 71.2 Å². The van der Waals surface area contributed by atoms with Crippen molar-refractivity contribution in [1.82, 2.24) is 24.4 Å². The standard InChI is InChI=1S/C69H88N7O23P3S4/c1-69(2,106-105-42-91-28-6-7-30-92-58(78)19-5-4-13-47-39-76(66-59(47)65(70)72-41-73-66)57-38-55(94-43-104-103-3)56(96-57)40-95-101(85,86)99-102(87,88)98-100(82,83)84)22-31-93-68(81)71-23-32-90-34-33-89-29-12-18-54(77)44-20-21-48(67(79)80)51(35-44)60-52-36-45-14-8-24-74-26-10-16-49(61(45)74)63(52)97-64-50-17-11-27-75-25-9-15-46(62(50)75)37-53(60)64/h20-21,35-37,39,41,55-57H,5-12,14-19,22-34,38,40,42-43H2,1-3H3,(H7-,70,71,72,73,79,80,81,82,83,84,85,86,87,88)/p+1/t55-,56+,57+/m0/s1. The van der Waals surface area contributed by atoms with Gasteiger partial charge in [0, 0.05) is 115 Å². The number of amides is 1. The molecule has 5 atom stereocenters. The predicted molar refractivity (Wildman–Crippen MR) is 400 cm³/mol. The van der Waals surface area contributed by atoms with Crippen LogP contribution >= 0.6 is 66.6 Å². The number of nitrogen functional groups attached to an aromatic ring is 1. The maximum Gasteiger partial charge on any atom is 0.490 e. The highest BCUT2D eigenvalue weighted by atomic mass is 33.1. The first-order valence-electron chi connectivity index (χ1n) is 35.1. The fourth-order valence-electron chi connectivity index (χ4n) is 13.8. The molecule has 37 heteroatoms. The summed E-state index contributed by atoms with van der Waals surface area (Å²) in [5, 5.41) is 16.1. The zero-order valence-electron chi connectivity index (χ0n) is 59.1. The quantitative estimate of drug-likeness (QED) is 0.00276. The average Bonchev–Trinajstić information content (AvgIpc) is 0.889. The number of nitrogens with zero attached hydrogens (tertiary/aromatic N) is 5. The summed E-state index contributed by atoms with van der Waals surface area (Å²) in [5.41, 5.74) is 16.1. The van der Waals surface area contributed by atoms with E-state index in [4.69, 9.17) is 57.9 Å². The van der Waals surface area contributed by atoms with Gasteiger partial charge in [-0.2, -0.15) is 8.62 Å². The van der Waals surface area contributed by atoms with Gasteiger partial charge in [-0.25, -0.2) is 37.8 Å². The number of benzene rings is 3. The molecular formula is C69H89N7O23P3S4+. The number of unbranched alkanes of at least 4 members (excludes halogenated alkanes) is 1. The van der Waals surface area contributed by atoms with E-state index in [1.807, 2.05) is 6.26 Å². The lowest BCUT2D eigenvalue weighted by molar-refractivity contribution is -0.143. The molecule has 0 aliphatic carbocycles. The maximum absolute atomic E-state index is 14.0. The Labute approximate surface area is 628 Å². The van der Waals surface area contributed by atoms with Gasteiger partial charge in [0.2, 0.25) is 5.36 Å². The van der Waals surface area contributed by atoms with E-state index in [9.17, 15) is 47.8 Å². The number of aromatic carboxylic acids is 1. The number of aromatic nitrogens is 3. The van der Waals surface area contributed by atoms with Gasteiger partial charge in [0.25, 0.3) is 0 Å². The average molecular weight is 1610 g/mol. The lowest BCUT2D eigenvalue weighted by Gasteiger charge is -2.39. The number of hydrogen-bond donors (Lipinski definition) is 7. The van der Waals surface area contributed by atoms with Crippen LogP contribution in [0.25, 0.3) is 16.6 Å². The number of nitrogens with two attached hydrogens (primary N) is 1. The van der Waals surface area contributed by atoms with Gasteiger partial charge in [-0.05, 0) is 120 Å². The molecular weight excluding hydrogens is 1520 g/mol. The summed E-state index contributed by atoms with van der Waals surface area (Å²) < 4.78 is 99.3. The normalized spacial score (nSPS) is 18.5. The zero-order chi connectivity index (χ0) is 75.2. The van der Waals surface area contributed by atoms with Crippen LogP contribution in [0.5, 0.6) is 11.5 Å². The first-order chi connectivity index (χ1) is 50.9. The minimum Gasteiger partial charge on any atom is -0.478 e. The van der Waals surface area contributed by atoms with Crippen molar-refractivity contribution in [3.63, 3.8) is 0 Å². The highest BCUT2D eigenvalue weighted by Gasteiger charge is 2.45. The van der Waals surface area contributed by atoms with Crippen LogP contribution in [0.2, 0.25) is 0 Å². The summed E-state index contributed by atoms with van der Waals surface area (Å²) in [5.74, 6) is 6.75. The number of aryl methyl sites for hydroxylation is 2. The Morgan fingerprint density at radius 3 is 2.35 bits per heavy atom. The van der Waals surface area contributed by atoms with Crippen LogP contribution < -0.4 is 35.8 Å². The molecule has 2 aromatic heterocycles. The largest absolute Gasteiger partial charge is 0.490 e. The molecule has 0 spiro atoms. The maximum atomic E-state index is 14.0. The summed E-state index contributed by atoms with van der Waals surface area (Å²) in [6, 6.07) is 9.51. The lowest BCUT2D eigenvalue weighted by atomic mass is 9.81. The highest BCUT2D eigenvalue weighted by molar-refractivity contribution is 8.77. The summed E-state index contributed by atoms with van der Waals surface area (Å²) in [4.78, 5) is 101. The summed E-state index contributed by atoms with van der Waals surface area (Å²) in [6.45, 7) is 9.69. The molecule has 0 radical (unpaired) electrons. The number of carboxylic acid groups (broad SMARTS) is 1. The summed E-state index contributed by atoms with van der Waals surface area (Å²) in [6.07, 6.45) is 12.0. The molecule has 5 aromatic rings. The molecule has 576 valence electrons. The minimum atomic E-state index is -5.75. The van der Waals surface area contributed by atoms with Crippen LogP contribution in [-0.2, 0) is 90.5 Å². The lowest BCUT2D eigenvalue weighted by Crippen LogP contribution is -2.45. The first-order valence-corrected chi connectivity index (χ1v) is 44.7. The number of nitrogens with one attached hydrogen (secondary N) is 1. The van der Waals surface area contributed by atoms with E-state index >= 15 is 0 Å².